The number of thiocarbonyl (C=S) groups is 1. The molecule has 2 aromatic rings. The molecule has 0 atom stereocenters. The number of aryl methyl sites for hydroxylation is 1. The molecule has 2 N–H and O–H groups in total. The molecule has 3 rings (SSSR count). The van der Waals surface area contributed by atoms with Gasteiger partial charge in [-0.3, -0.25) is 30.1 Å². The standard InChI is InChI=1S/C22H21N3O3S2/c1-15-9-11-16(12-10-15)14-18-21(28)25(22(29)30-18)13-5-8-19(26)23-24-20(27)17-6-3-2-4-7-17/h2-4,6-7,9-12,14H,5,8,13H2,1H3,(H,23,26)(H,24,27)/b18-14-. The van der Waals surface area contributed by atoms with Crippen LogP contribution >= 0.6 is 24.0 Å². The molecule has 2 aromatic carbocycles. The fourth-order valence-corrected chi connectivity index (χ4v) is 4.06. The van der Waals surface area contributed by atoms with E-state index in [4.69, 9.17) is 12.2 Å². The maximum atomic E-state index is 12.6. The molecule has 30 heavy (non-hydrogen) atoms. The Morgan fingerprint density at radius 1 is 1.07 bits per heavy atom. The second-order valence-corrected chi connectivity index (χ2v) is 8.39. The van der Waals surface area contributed by atoms with Gasteiger partial charge in [0.2, 0.25) is 5.91 Å². The summed E-state index contributed by atoms with van der Waals surface area (Å²) < 4.78 is 0.483. The minimum Gasteiger partial charge on any atom is -0.293 e. The largest absolute Gasteiger partial charge is 0.293 e. The minimum atomic E-state index is -0.387. The van der Waals surface area contributed by atoms with E-state index in [1.54, 1.807) is 30.3 Å². The summed E-state index contributed by atoms with van der Waals surface area (Å²) >= 11 is 6.58. The molecule has 0 saturated carbocycles. The SMILES string of the molecule is Cc1ccc(/C=C2\SC(=S)N(CCCC(=O)NNC(=O)c3ccccc3)C2=O)cc1. The summed E-state index contributed by atoms with van der Waals surface area (Å²) in [5.41, 5.74) is 7.30. The van der Waals surface area contributed by atoms with Crippen LogP contribution in [0.15, 0.2) is 59.5 Å². The van der Waals surface area contributed by atoms with E-state index in [2.05, 4.69) is 10.9 Å². The zero-order valence-electron chi connectivity index (χ0n) is 16.4. The number of nitrogens with one attached hydrogen (secondary N) is 2. The molecule has 154 valence electrons. The molecule has 0 aliphatic carbocycles. The number of hydrazine groups is 1. The quantitative estimate of drug-likeness (QED) is 0.410. The summed E-state index contributed by atoms with van der Waals surface area (Å²) in [5.74, 6) is -0.870. The Balaban J connectivity index is 1.45. The van der Waals surface area contributed by atoms with Crippen LogP contribution in [0.3, 0.4) is 0 Å². The first-order valence-corrected chi connectivity index (χ1v) is 10.6. The van der Waals surface area contributed by atoms with Crippen LogP contribution in [0.1, 0.15) is 34.3 Å². The summed E-state index contributed by atoms with van der Waals surface area (Å²) in [5, 5.41) is 0. The van der Waals surface area contributed by atoms with Crippen molar-refractivity contribution in [3.8, 4) is 0 Å². The van der Waals surface area contributed by atoms with Crippen molar-refractivity contribution in [3.63, 3.8) is 0 Å². The van der Waals surface area contributed by atoms with Crippen LogP contribution in [0.25, 0.3) is 6.08 Å². The van der Waals surface area contributed by atoms with Crippen molar-refractivity contribution in [1.82, 2.24) is 15.8 Å². The van der Waals surface area contributed by atoms with Crippen molar-refractivity contribution in [3.05, 3.63) is 76.2 Å². The highest BCUT2D eigenvalue weighted by atomic mass is 32.2. The van der Waals surface area contributed by atoms with Gasteiger partial charge in [-0.15, -0.1) is 0 Å². The molecule has 0 aromatic heterocycles. The lowest BCUT2D eigenvalue weighted by Crippen LogP contribution is -2.41. The Morgan fingerprint density at radius 3 is 2.47 bits per heavy atom. The van der Waals surface area contributed by atoms with E-state index < -0.39 is 0 Å². The molecular weight excluding hydrogens is 418 g/mol. The average molecular weight is 440 g/mol. The van der Waals surface area contributed by atoms with Crippen LogP contribution in [0.5, 0.6) is 0 Å². The van der Waals surface area contributed by atoms with Crippen LogP contribution in [0.2, 0.25) is 0 Å². The number of thioether (sulfide) groups is 1. The number of rotatable bonds is 6. The van der Waals surface area contributed by atoms with Crippen molar-refractivity contribution < 1.29 is 14.4 Å². The zero-order valence-corrected chi connectivity index (χ0v) is 18.0. The molecule has 1 saturated heterocycles. The Hall–Kier alpha value is -2.97. The molecule has 3 amide bonds. The fourth-order valence-electron chi connectivity index (χ4n) is 2.76. The normalized spacial score (nSPS) is 14.8. The lowest BCUT2D eigenvalue weighted by Gasteiger charge is -2.14. The van der Waals surface area contributed by atoms with E-state index in [0.29, 0.717) is 27.8 Å². The first kappa shape index (κ1) is 21.7. The van der Waals surface area contributed by atoms with Crippen molar-refractivity contribution in [1.29, 1.82) is 0 Å². The maximum Gasteiger partial charge on any atom is 0.269 e. The van der Waals surface area contributed by atoms with Crippen molar-refractivity contribution in [2.45, 2.75) is 19.8 Å². The number of amides is 3. The molecule has 1 heterocycles. The van der Waals surface area contributed by atoms with Gasteiger partial charge in [0.1, 0.15) is 4.32 Å². The Bertz CT molecular complexity index is 988. The molecule has 8 heteroatoms. The number of hydrogen-bond acceptors (Lipinski definition) is 5. The second kappa shape index (κ2) is 10.2. The van der Waals surface area contributed by atoms with Crippen molar-refractivity contribution >= 4 is 52.1 Å². The third-order valence-electron chi connectivity index (χ3n) is 4.39. The van der Waals surface area contributed by atoms with E-state index >= 15 is 0 Å². The van der Waals surface area contributed by atoms with Gasteiger partial charge in [-0.05, 0) is 37.1 Å². The third-order valence-corrected chi connectivity index (χ3v) is 5.76. The number of carbonyl (C=O) groups excluding carboxylic acids is 3. The predicted molar refractivity (Wildman–Crippen MR) is 122 cm³/mol. The number of nitrogens with zero attached hydrogens (tertiary/aromatic N) is 1. The van der Waals surface area contributed by atoms with E-state index in [0.717, 1.165) is 11.1 Å². The summed E-state index contributed by atoms with van der Waals surface area (Å²) in [6.45, 7) is 2.35. The van der Waals surface area contributed by atoms with Crippen molar-refractivity contribution in [2.75, 3.05) is 6.54 Å². The van der Waals surface area contributed by atoms with Gasteiger partial charge in [-0.1, -0.05) is 72.0 Å². The highest BCUT2D eigenvalue weighted by Crippen LogP contribution is 2.32. The van der Waals surface area contributed by atoms with Crippen LogP contribution < -0.4 is 10.9 Å². The topological polar surface area (TPSA) is 78.5 Å². The molecule has 6 nitrogen and oxygen atoms in total. The Labute approximate surface area is 184 Å². The second-order valence-electron chi connectivity index (χ2n) is 6.72. The lowest BCUT2D eigenvalue weighted by atomic mass is 10.1. The molecule has 0 spiro atoms. The van der Waals surface area contributed by atoms with E-state index in [9.17, 15) is 14.4 Å². The highest BCUT2D eigenvalue weighted by Gasteiger charge is 2.31. The van der Waals surface area contributed by atoms with E-state index in [1.165, 1.54) is 16.7 Å². The van der Waals surface area contributed by atoms with Gasteiger partial charge in [0.25, 0.3) is 11.8 Å². The first-order chi connectivity index (χ1) is 14.4. The van der Waals surface area contributed by atoms with E-state index in [-0.39, 0.29) is 24.1 Å². The van der Waals surface area contributed by atoms with Gasteiger partial charge < -0.3 is 0 Å². The molecule has 1 fully saturated rings. The van der Waals surface area contributed by atoms with Crippen LogP contribution in [-0.4, -0.2) is 33.5 Å². The Morgan fingerprint density at radius 2 is 1.77 bits per heavy atom. The summed E-state index contributed by atoms with van der Waals surface area (Å²) in [6.07, 6.45) is 2.41. The van der Waals surface area contributed by atoms with Gasteiger partial charge in [0, 0.05) is 18.5 Å². The van der Waals surface area contributed by atoms with Gasteiger partial charge in [-0.25, -0.2) is 0 Å². The third kappa shape index (κ3) is 5.77. The summed E-state index contributed by atoms with van der Waals surface area (Å²) in [7, 11) is 0. The van der Waals surface area contributed by atoms with Gasteiger partial charge >= 0.3 is 0 Å². The van der Waals surface area contributed by atoms with E-state index in [1.807, 2.05) is 37.3 Å². The van der Waals surface area contributed by atoms with Crippen LogP contribution in [0.4, 0.5) is 0 Å². The molecule has 1 aliphatic rings. The molecule has 0 radical (unpaired) electrons. The smallest absolute Gasteiger partial charge is 0.269 e. The number of carbonyl (C=O) groups is 3. The maximum absolute atomic E-state index is 12.6. The predicted octanol–water partition coefficient (Wildman–Crippen LogP) is 3.44. The van der Waals surface area contributed by atoms with Gasteiger partial charge in [-0.2, -0.15) is 0 Å². The minimum absolute atomic E-state index is 0.150. The van der Waals surface area contributed by atoms with Crippen LogP contribution in [-0.2, 0) is 9.59 Å². The average Bonchev–Trinajstić information content (AvgIpc) is 3.01. The molecule has 0 bridgehead atoms. The summed E-state index contributed by atoms with van der Waals surface area (Å²) in [4.78, 5) is 38.6. The fraction of sp³-hybridized carbons (Fsp3) is 0.182. The zero-order chi connectivity index (χ0) is 21.5. The van der Waals surface area contributed by atoms with Gasteiger partial charge in [0.15, 0.2) is 0 Å². The van der Waals surface area contributed by atoms with Gasteiger partial charge in [0.05, 0.1) is 4.91 Å². The molecule has 1 aliphatic heterocycles. The van der Waals surface area contributed by atoms with Crippen molar-refractivity contribution in [2.24, 2.45) is 0 Å². The molecule has 0 unspecified atom stereocenters. The monoisotopic (exact) mass is 439 g/mol. The first-order valence-electron chi connectivity index (χ1n) is 9.40. The lowest BCUT2D eigenvalue weighted by molar-refractivity contribution is -0.124. The molecular formula is C22H21N3O3S2. The highest BCUT2D eigenvalue weighted by molar-refractivity contribution is 8.26. The summed E-state index contributed by atoms with van der Waals surface area (Å²) in [6, 6.07) is 16.5. The van der Waals surface area contributed by atoms with Crippen LogP contribution in [0, 0.1) is 6.92 Å². The number of benzene rings is 2. The Kier molecular flexibility index (Phi) is 7.37. The number of hydrogen-bond donors (Lipinski definition) is 2.